The largest absolute Gasteiger partial charge is 0.353 e. The number of anilines is 2. The number of amides is 1. The molecule has 0 aliphatic carbocycles. The first-order valence-corrected chi connectivity index (χ1v) is 10.5. The zero-order valence-corrected chi connectivity index (χ0v) is 17.8. The first kappa shape index (κ1) is 21.1. The minimum Gasteiger partial charge on any atom is -0.353 e. The second-order valence-electron chi connectivity index (χ2n) is 7.70. The normalized spacial score (nSPS) is 14.5. The maximum atomic E-state index is 13.4. The van der Waals surface area contributed by atoms with Gasteiger partial charge in [0.2, 0.25) is 0 Å². The van der Waals surface area contributed by atoms with E-state index in [1.165, 1.54) is 24.3 Å². The molecule has 8 heteroatoms. The van der Waals surface area contributed by atoms with Gasteiger partial charge in [0, 0.05) is 24.8 Å². The maximum Gasteiger partial charge on any atom is 0.276 e. The number of carbonyl (C=O) groups excluding carboxylic acids is 1. The minimum absolute atomic E-state index is 0.203. The highest BCUT2D eigenvalue weighted by molar-refractivity contribution is 7.71. The molecule has 0 radical (unpaired) electrons. The van der Waals surface area contributed by atoms with E-state index in [4.69, 9.17) is 12.2 Å². The molecular formula is C23H22F2N4OS. The van der Waals surface area contributed by atoms with Gasteiger partial charge >= 0.3 is 0 Å². The molecule has 0 atom stereocenters. The Bertz CT molecular complexity index is 1150. The standard InChI is InChI=1S/C23H22F2N4OS/c1-14-12-18(25)6-7-19(14)26-20-13-21(31)27-28-22(20)23(30)29-10-8-16(9-11-29)15-2-4-17(24)5-3-15/h2-7,12-13,16H,8-11H2,1H3,(H2,26,27,31). The molecule has 5 nitrogen and oxygen atoms in total. The molecule has 31 heavy (non-hydrogen) atoms. The Morgan fingerprint density at radius 1 is 1.06 bits per heavy atom. The van der Waals surface area contributed by atoms with Crippen molar-refractivity contribution >= 4 is 29.5 Å². The molecule has 0 spiro atoms. The van der Waals surface area contributed by atoms with Crippen molar-refractivity contribution in [3.63, 3.8) is 0 Å². The molecule has 1 saturated heterocycles. The first-order chi connectivity index (χ1) is 14.9. The van der Waals surface area contributed by atoms with Gasteiger partial charge in [0.25, 0.3) is 5.91 Å². The Balaban J connectivity index is 1.51. The highest BCUT2D eigenvalue weighted by Gasteiger charge is 2.27. The van der Waals surface area contributed by atoms with Crippen LogP contribution in [0.15, 0.2) is 48.5 Å². The summed E-state index contributed by atoms with van der Waals surface area (Å²) in [6, 6.07) is 12.6. The monoisotopic (exact) mass is 440 g/mol. The van der Waals surface area contributed by atoms with Gasteiger partial charge < -0.3 is 10.2 Å². The number of nitrogens with one attached hydrogen (secondary N) is 2. The molecule has 0 unspecified atom stereocenters. The Hall–Kier alpha value is -3.13. The van der Waals surface area contributed by atoms with Crippen LogP contribution in [0.25, 0.3) is 0 Å². The van der Waals surface area contributed by atoms with E-state index in [1.807, 2.05) is 12.1 Å². The van der Waals surface area contributed by atoms with Crippen molar-refractivity contribution in [1.29, 1.82) is 0 Å². The van der Waals surface area contributed by atoms with Crippen LogP contribution < -0.4 is 5.32 Å². The van der Waals surface area contributed by atoms with Crippen LogP contribution in [-0.4, -0.2) is 34.1 Å². The Kier molecular flexibility index (Phi) is 6.08. The fourth-order valence-electron chi connectivity index (χ4n) is 3.87. The number of aromatic nitrogens is 2. The van der Waals surface area contributed by atoms with Crippen molar-refractivity contribution < 1.29 is 13.6 Å². The molecule has 2 heterocycles. The average Bonchev–Trinajstić information content (AvgIpc) is 2.76. The summed E-state index contributed by atoms with van der Waals surface area (Å²) >= 11 is 5.18. The molecule has 0 bridgehead atoms. The predicted molar refractivity (Wildman–Crippen MR) is 118 cm³/mol. The number of aryl methyl sites for hydroxylation is 1. The van der Waals surface area contributed by atoms with Crippen molar-refractivity contribution in [2.45, 2.75) is 25.7 Å². The van der Waals surface area contributed by atoms with Crippen LogP contribution >= 0.6 is 12.2 Å². The van der Waals surface area contributed by atoms with Gasteiger partial charge in [-0.2, -0.15) is 5.10 Å². The summed E-state index contributed by atoms with van der Waals surface area (Å²) in [6.45, 7) is 2.94. The third-order valence-corrected chi connectivity index (χ3v) is 5.80. The van der Waals surface area contributed by atoms with E-state index in [9.17, 15) is 13.6 Å². The van der Waals surface area contributed by atoms with Gasteiger partial charge in [-0.25, -0.2) is 8.78 Å². The number of benzene rings is 2. The van der Waals surface area contributed by atoms with Gasteiger partial charge in [-0.1, -0.05) is 24.4 Å². The Morgan fingerprint density at radius 3 is 2.42 bits per heavy atom. The number of hydrogen-bond donors (Lipinski definition) is 2. The number of rotatable bonds is 4. The number of nitrogens with zero attached hydrogens (tertiary/aromatic N) is 2. The van der Waals surface area contributed by atoms with Crippen molar-refractivity contribution in [2.24, 2.45) is 0 Å². The van der Waals surface area contributed by atoms with E-state index in [-0.39, 0.29) is 23.2 Å². The molecule has 1 fully saturated rings. The molecule has 1 aliphatic rings. The van der Waals surface area contributed by atoms with Crippen molar-refractivity contribution in [2.75, 3.05) is 18.4 Å². The molecule has 2 aromatic carbocycles. The van der Waals surface area contributed by atoms with Gasteiger partial charge in [-0.15, -0.1) is 0 Å². The molecule has 1 aromatic heterocycles. The zero-order valence-electron chi connectivity index (χ0n) is 17.0. The van der Waals surface area contributed by atoms with Crippen molar-refractivity contribution in [3.8, 4) is 0 Å². The lowest BCUT2D eigenvalue weighted by Crippen LogP contribution is -2.38. The summed E-state index contributed by atoms with van der Waals surface area (Å²) in [5, 5.41) is 10.0. The van der Waals surface area contributed by atoms with E-state index in [0.29, 0.717) is 40.6 Å². The second kappa shape index (κ2) is 8.93. The molecule has 2 N–H and O–H groups in total. The average molecular weight is 441 g/mol. The molecule has 4 rings (SSSR count). The Morgan fingerprint density at radius 2 is 1.74 bits per heavy atom. The van der Waals surface area contributed by atoms with Crippen molar-refractivity contribution in [1.82, 2.24) is 15.1 Å². The van der Waals surface area contributed by atoms with Crippen LogP contribution in [0, 0.1) is 23.2 Å². The number of carbonyl (C=O) groups is 1. The van der Waals surface area contributed by atoms with E-state index < -0.39 is 0 Å². The van der Waals surface area contributed by atoms with E-state index >= 15 is 0 Å². The van der Waals surface area contributed by atoms with Gasteiger partial charge in [-0.3, -0.25) is 9.89 Å². The lowest BCUT2D eigenvalue weighted by Gasteiger charge is -2.32. The van der Waals surface area contributed by atoms with Crippen LogP contribution in [0.5, 0.6) is 0 Å². The highest BCUT2D eigenvalue weighted by Crippen LogP contribution is 2.30. The summed E-state index contributed by atoms with van der Waals surface area (Å²) in [5.74, 6) is -0.489. The summed E-state index contributed by atoms with van der Waals surface area (Å²) in [7, 11) is 0. The fourth-order valence-corrected chi connectivity index (χ4v) is 4.04. The Labute approximate surface area is 184 Å². The van der Waals surface area contributed by atoms with Gasteiger partial charge in [-0.05, 0) is 67.1 Å². The first-order valence-electron chi connectivity index (χ1n) is 10.1. The smallest absolute Gasteiger partial charge is 0.276 e. The van der Waals surface area contributed by atoms with E-state index in [0.717, 1.165) is 18.4 Å². The molecule has 160 valence electrons. The lowest BCUT2D eigenvalue weighted by molar-refractivity contribution is 0.0707. The SMILES string of the molecule is Cc1cc(F)ccc1Nc1cc(=S)[nH]nc1C(=O)N1CCC(c2ccc(F)cc2)CC1. The highest BCUT2D eigenvalue weighted by atomic mass is 32.1. The summed E-state index contributed by atoms with van der Waals surface area (Å²) < 4.78 is 27.0. The van der Waals surface area contributed by atoms with Crippen molar-refractivity contribution in [3.05, 3.63) is 81.6 Å². The van der Waals surface area contributed by atoms with Crippen LogP contribution in [0.1, 0.15) is 40.4 Å². The van der Waals surface area contributed by atoms with Gasteiger partial charge in [0.15, 0.2) is 5.69 Å². The molecule has 3 aromatic rings. The third-order valence-electron chi connectivity index (χ3n) is 5.59. The zero-order chi connectivity index (χ0) is 22.0. The number of piperidine rings is 1. The molecule has 0 saturated carbocycles. The minimum atomic E-state index is -0.327. The van der Waals surface area contributed by atoms with Gasteiger partial charge in [0.05, 0.1) is 5.69 Å². The third kappa shape index (κ3) is 4.80. The lowest BCUT2D eigenvalue weighted by atomic mass is 9.89. The molecule has 1 amide bonds. The van der Waals surface area contributed by atoms with E-state index in [2.05, 4.69) is 15.5 Å². The molecule has 1 aliphatic heterocycles. The summed E-state index contributed by atoms with van der Waals surface area (Å²) in [6.07, 6.45) is 1.58. The number of hydrogen-bond acceptors (Lipinski definition) is 4. The van der Waals surface area contributed by atoms with Crippen LogP contribution in [0.2, 0.25) is 0 Å². The predicted octanol–water partition coefficient (Wildman–Crippen LogP) is 5.49. The van der Waals surface area contributed by atoms with E-state index in [1.54, 1.807) is 24.0 Å². The van der Waals surface area contributed by atoms with Crippen LogP contribution in [0.4, 0.5) is 20.2 Å². The second-order valence-corrected chi connectivity index (χ2v) is 8.14. The molecular weight excluding hydrogens is 418 g/mol. The number of likely N-dealkylation sites (tertiary alicyclic amines) is 1. The summed E-state index contributed by atoms with van der Waals surface area (Å²) in [5.41, 5.74) is 3.18. The topological polar surface area (TPSA) is 61.0 Å². The fraction of sp³-hybridized carbons (Fsp3) is 0.261. The number of aromatic amines is 1. The van der Waals surface area contributed by atoms with Crippen LogP contribution in [0.3, 0.4) is 0 Å². The van der Waals surface area contributed by atoms with Crippen LogP contribution in [-0.2, 0) is 0 Å². The summed E-state index contributed by atoms with van der Waals surface area (Å²) in [4.78, 5) is 15.0. The van der Waals surface area contributed by atoms with Gasteiger partial charge in [0.1, 0.15) is 16.3 Å². The number of H-pyrrole nitrogens is 1. The quantitative estimate of drug-likeness (QED) is 0.527. The maximum absolute atomic E-state index is 13.4. The number of halogens is 2.